The molecule has 0 aromatic heterocycles. The van der Waals surface area contributed by atoms with Gasteiger partial charge in [0.25, 0.3) is 0 Å². The molecule has 0 amide bonds. The van der Waals surface area contributed by atoms with E-state index in [4.69, 9.17) is 16.2 Å². The van der Waals surface area contributed by atoms with E-state index in [1.807, 2.05) is 6.92 Å². The summed E-state index contributed by atoms with van der Waals surface area (Å²) in [4.78, 5) is 15.7. The normalized spacial score (nSPS) is 11.9. The van der Waals surface area contributed by atoms with Crippen LogP contribution < -0.4 is 16.8 Å². The second kappa shape index (κ2) is 11.8. The minimum Gasteiger partial charge on any atom is -0.465 e. The number of aliphatic imine (C=N–C) groups is 1. The number of ether oxygens (including phenoxy) is 1. The highest BCUT2D eigenvalue weighted by Crippen LogP contribution is 2.02. The summed E-state index contributed by atoms with van der Waals surface area (Å²) in [6, 6.07) is -0.258. The fraction of sp³-hybridized carbons (Fsp3) is 0.846. The molecule has 19 heavy (non-hydrogen) atoms. The lowest BCUT2D eigenvalue weighted by molar-refractivity contribution is -0.145. The molecule has 6 nitrogen and oxygen atoms in total. The molecule has 0 aliphatic carbocycles. The van der Waals surface area contributed by atoms with Gasteiger partial charge < -0.3 is 21.5 Å². The van der Waals surface area contributed by atoms with Crippen LogP contribution in [0.1, 0.15) is 46.0 Å². The Hall–Kier alpha value is -1.30. The molecule has 1 atom stereocenters. The number of carbonyl (C=O) groups is 1. The average molecular weight is 272 g/mol. The molecule has 0 fully saturated rings. The van der Waals surface area contributed by atoms with Crippen LogP contribution in [0.2, 0.25) is 0 Å². The minimum atomic E-state index is -0.258. The lowest BCUT2D eigenvalue weighted by atomic mass is 10.1. The number of hydrogen-bond acceptors (Lipinski definition) is 4. The highest BCUT2D eigenvalue weighted by atomic mass is 16.5. The first-order valence-corrected chi connectivity index (χ1v) is 7.07. The molecule has 0 spiro atoms. The Bertz CT molecular complexity index is 265. The van der Waals surface area contributed by atoms with Crippen LogP contribution in [-0.2, 0) is 9.53 Å². The van der Waals surface area contributed by atoms with Gasteiger partial charge >= 0.3 is 5.97 Å². The van der Waals surface area contributed by atoms with Crippen molar-refractivity contribution in [2.24, 2.45) is 16.5 Å². The van der Waals surface area contributed by atoms with Crippen molar-refractivity contribution in [1.29, 1.82) is 0 Å². The van der Waals surface area contributed by atoms with E-state index in [1.54, 1.807) is 0 Å². The zero-order chi connectivity index (χ0) is 14.5. The molecule has 0 aliphatic rings. The van der Waals surface area contributed by atoms with E-state index in [9.17, 15) is 4.79 Å². The van der Waals surface area contributed by atoms with Gasteiger partial charge in [-0.15, -0.1) is 0 Å². The second-order valence-electron chi connectivity index (χ2n) is 4.41. The number of rotatable bonds is 11. The monoisotopic (exact) mass is 272 g/mol. The van der Waals surface area contributed by atoms with E-state index in [0.717, 1.165) is 32.2 Å². The highest BCUT2D eigenvalue weighted by Gasteiger charge is 2.18. The summed E-state index contributed by atoms with van der Waals surface area (Å²) in [5, 5.41) is 3.24. The molecule has 1 unspecified atom stereocenters. The summed E-state index contributed by atoms with van der Waals surface area (Å²) in [5.74, 6) is -0.104. The Morgan fingerprint density at radius 1 is 1.26 bits per heavy atom. The Morgan fingerprint density at radius 3 is 2.58 bits per heavy atom. The molecule has 0 aromatic rings. The van der Waals surface area contributed by atoms with Crippen LogP contribution in [0.5, 0.6) is 0 Å². The van der Waals surface area contributed by atoms with E-state index in [0.29, 0.717) is 19.6 Å². The van der Waals surface area contributed by atoms with Crippen molar-refractivity contribution in [3.05, 3.63) is 0 Å². The molecular weight excluding hydrogens is 244 g/mol. The maximum Gasteiger partial charge on any atom is 0.323 e. The van der Waals surface area contributed by atoms with Crippen molar-refractivity contribution in [2.75, 3.05) is 19.7 Å². The predicted octanol–water partition coefficient (Wildman–Crippen LogP) is 0.752. The largest absolute Gasteiger partial charge is 0.465 e. The summed E-state index contributed by atoms with van der Waals surface area (Å²) in [6.07, 6.45) is 4.83. The van der Waals surface area contributed by atoms with Crippen LogP contribution in [0, 0.1) is 0 Å². The van der Waals surface area contributed by atoms with Crippen molar-refractivity contribution < 1.29 is 9.53 Å². The lowest BCUT2D eigenvalue weighted by Gasteiger charge is -2.16. The molecule has 0 saturated carbocycles. The third-order valence-corrected chi connectivity index (χ3v) is 2.69. The standard InChI is InChI=1S/C13H28N4O2/c1-3-5-6-9-16-11(12(18)19-4-2)8-7-10-17-13(14)15/h11,16H,3-10H2,1-2H3,(H4,14,15,17). The third-order valence-electron chi connectivity index (χ3n) is 2.69. The summed E-state index contributed by atoms with van der Waals surface area (Å²) in [7, 11) is 0. The van der Waals surface area contributed by atoms with Gasteiger partial charge in [0.05, 0.1) is 6.61 Å². The molecule has 112 valence electrons. The molecule has 5 N–H and O–H groups in total. The maximum atomic E-state index is 11.8. The van der Waals surface area contributed by atoms with E-state index in [-0.39, 0.29) is 18.0 Å². The van der Waals surface area contributed by atoms with Gasteiger partial charge in [-0.25, -0.2) is 0 Å². The van der Waals surface area contributed by atoms with E-state index >= 15 is 0 Å². The highest BCUT2D eigenvalue weighted by molar-refractivity contribution is 5.76. The number of nitrogens with zero attached hydrogens (tertiary/aromatic N) is 1. The third kappa shape index (κ3) is 10.3. The SMILES string of the molecule is CCCCCNC(CCCN=C(N)N)C(=O)OCC. The van der Waals surface area contributed by atoms with Crippen molar-refractivity contribution >= 4 is 11.9 Å². The molecule has 0 rings (SSSR count). The number of carbonyl (C=O) groups excluding carboxylic acids is 1. The van der Waals surface area contributed by atoms with Crippen LogP contribution >= 0.6 is 0 Å². The topological polar surface area (TPSA) is 103 Å². The smallest absolute Gasteiger partial charge is 0.323 e. The molecule has 0 saturated heterocycles. The van der Waals surface area contributed by atoms with Crippen LogP contribution in [0.4, 0.5) is 0 Å². The first-order chi connectivity index (χ1) is 9.11. The van der Waals surface area contributed by atoms with Crippen LogP contribution in [0.3, 0.4) is 0 Å². The van der Waals surface area contributed by atoms with Gasteiger partial charge in [-0.1, -0.05) is 19.8 Å². The molecule has 0 aromatic carbocycles. The Morgan fingerprint density at radius 2 is 2.00 bits per heavy atom. The molecule has 0 bridgehead atoms. The number of guanidine groups is 1. The zero-order valence-corrected chi connectivity index (χ0v) is 12.2. The Balaban J connectivity index is 4.03. The fourth-order valence-electron chi connectivity index (χ4n) is 1.70. The van der Waals surface area contributed by atoms with Crippen molar-refractivity contribution in [3.63, 3.8) is 0 Å². The van der Waals surface area contributed by atoms with Gasteiger partial charge in [0, 0.05) is 6.54 Å². The molecule has 6 heteroatoms. The van der Waals surface area contributed by atoms with Crippen LogP contribution in [0.25, 0.3) is 0 Å². The fourth-order valence-corrected chi connectivity index (χ4v) is 1.70. The van der Waals surface area contributed by atoms with Gasteiger partial charge in [0.1, 0.15) is 6.04 Å². The van der Waals surface area contributed by atoms with Gasteiger partial charge in [0.15, 0.2) is 5.96 Å². The first kappa shape index (κ1) is 17.7. The summed E-state index contributed by atoms with van der Waals surface area (Å²) in [5.41, 5.74) is 10.5. The predicted molar refractivity (Wildman–Crippen MR) is 77.9 cm³/mol. The van der Waals surface area contributed by atoms with Gasteiger partial charge in [0.2, 0.25) is 0 Å². The molecule has 0 radical (unpaired) electrons. The lowest BCUT2D eigenvalue weighted by Crippen LogP contribution is -2.38. The molecular formula is C13H28N4O2. The second-order valence-corrected chi connectivity index (χ2v) is 4.41. The number of hydrogen-bond donors (Lipinski definition) is 3. The summed E-state index contributed by atoms with van der Waals surface area (Å²) >= 11 is 0. The number of nitrogens with one attached hydrogen (secondary N) is 1. The maximum absolute atomic E-state index is 11.8. The van der Waals surface area contributed by atoms with Crippen LogP contribution in [0.15, 0.2) is 4.99 Å². The Kier molecular flexibility index (Phi) is 11.0. The first-order valence-electron chi connectivity index (χ1n) is 7.07. The van der Waals surface area contributed by atoms with Gasteiger partial charge in [-0.2, -0.15) is 0 Å². The average Bonchev–Trinajstić information content (AvgIpc) is 2.36. The number of esters is 1. The van der Waals surface area contributed by atoms with Crippen molar-refractivity contribution in [3.8, 4) is 0 Å². The summed E-state index contributed by atoms with van der Waals surface area (Å²) in [6.45, 7) is 5.73. The quantitative estimate of drug-likeness (QED) is 0.223. The Labute approximate surface area is 116 Å². The minimum absolute atomic E-state index is 0.0867. The molecule has 0 aliphatic heterocycles. The van der Waals surface area contributed by atoms with E-state index < -0.39 is 0 Å². The van der Waals surface area contributed by atoms with Crippen LogP contribution in [-0.4, -0.2) is 37.7 Å². The summed E-state index contributed by atoms with van der Waals surface area (Å²) < 4.78 is 5.05. The molecule has 0 heterocycles. The van der Waals surface area contributed by atoms with Gasteiger partial charge in [-0.05, 0) is 32.7 Å². The van der Waals surface area contributed by atoms with Crippen molar-refractivity contribution in [2.45, 2.75) is 52.0 Å². The zero-order valence-electron chi connectivity index (χ0n) is 12.2. The number of unbranched alkanes of at least 4 members (excludes halogenated alkanes) is 2. The van der Waals surface area contributed by atoms with E-state index in [2.05, 4.69) is 17.2 Å². The van der Waals surface area contributed by atoms with E-state index in [1.165, 1.54) is 0 Å². The van der Waals surface area contributed by atoms with Gasteiger partial charge in [-0.3, -0.25) is 9.79 Å². The number of nitrogens with two attached hydrogens (primary N) is 2. The van der Waals surface area contributed by atoms with Crippen molar-refractivity contribution in [1.82, 2.24) is 5.32 Å².